The molecule has 2 aliphatic carbocycles. The van der Waals surface area contributed by atoms with E-state index < -0.39 is 29.3 Å². The normalized spacial score (nSPS) is 21.1. The molecule has 0 spiro atoms. The standard InChI is InChI=1S/C21H21F2NO4/c1-11-5-18(24-19(6-11)28-14-3-2-4-14)12-8-16(22)20(17(23)9-12)27-10-13-7-15(13)21(25)26/h5-6,8-9,13-15H,2-4,7,10H2,1H3,(H,25,26). The van der Waals surface area contributed by atoms with Crippen molar-refractivity contribution in [2.45, 2.75) is 38.7 Å². The molecule has 2 fully saturated rings. The molecule has 7 heteroatoms. The summed E-state index contributed by atoms with van der Waals surface area (Å²) in [6, 6.07) is 5.90. The summed E-state index contributed by atoms with van der Waals surface area (Å²) in [4.78, 5) is 15.2. The van der Waals surface area contributed by atoms with E-state index in [1.807, 2.05) is 6.92 Å². The molecule has 0 amide bonds. The summed E-state index contributed by atoms with van der Waals surface area (Å²) in [5.74, 6) is -3.32. The topological polar surface area (TPSA) is 68.7 Å². The van der Waals surface area contributed by atoms with Gasteiger partial charge in [0.15, 0.2) is 17.4 Å². The number of carbonyl (C=O) groups is 1. The highest BCUT2D eigenvalue weighted by Gasteiger charge is 2.43. The number of aryl methyl sites for hydroxylation is 1. The lowest BCUT2D eigenvalue weighted by Crippen LogP contribution is -2.25. The molecule has 2 aromatic rings. The Bertz CT molecular complexity index is 890. The highest BCUT2D eigenvalue weighted by Crippen LogP contribution is 2.39. The van der Waals surface area contributed by atoms with Crippen LogP contribution in [0.5, 0.6) is 11.6 Å². The first kappa shape index (κ1) is 18.7. The monoisotopic (exact) mass is 389 g/mol. The summed E-state index contributed by atoms with van der Waals surface area (Å²) in [5, 5.41) is 8.89. The molecule has 148 valence electrons. The number of ether oxygens (including phenoxy) is 2. The van der Waals surface area contributed by atoms with E-state index in [1.165, 1.54) is 12.1 Å². The van der Waals surface area contributed by atoms with Crippen LogP contribution < -0.4 is 9.47 Å². The minimum atomic E-state index is -0.907. The van der Waals surface area contributed by atoms with Crippen molar-refractivity contribution in [1.29, 1.82) is 0 Å². The molecule has 5 nitrogen and oxygen atoms in total. The fraction of sp³-hybridized carbons (Fsp3) is 0.429. The highest BCUT2D eigenvalue weighted by atomic mass is 19.1. The maximum atomic E-state index is 14.5. The third kappa shape index (κ3) is 3.93. The second-order valence-electron chi connectivity index (χ2n) is 7.56. The zero-order valence-corrected chi connectivity index (χ0v) is 15.5. The number of hydrogen-bond donors (Lipinski definition) is 1. The van der Waals surface area contributed by atoms with E-state index in [0.29, 0.717) is 23.6 Å². The Morgan fingerprint density at radius 1 is 1.21 bits per heavy atom. The molecule has 0 aliphatic heterocycles. The first-order chi connectivity index (χ1) is 13.4. The molecule has 0 saturated heterocycles. The summed E-state index contributed by atoms with van der Waals surface area (Å²) in [7, 11) is 0. The molecule has 4 rings (SSSR count). The number of aromatic nitrogens is 1. The van der Waals surface area contributed by atoms with Gasteiger partial charge in [0.05, 0.1) is 18.2 Å². The summed E-state index contributed by atoms with van der Waals surface area (Å²) < 4.78 is 39.9. The van der Waals surface area contributed by atoms with Crippen molar-refractivity contribution in [2.75, 3.05) is 6.61 Å². The molecular formula is C21H21F2NO4. The number of nitrogens with zero attached hydrogens (tertiary/aromatic N) is 1. The Hall–Kier alpha value is -2.70. The fourth-order valence-electron chi connectivity index (χ4n) is 3.27. The average Bonchev–Trinajstić information content (AvgIpc) is 3.37. The Morgan fingerprint density at radius 2 is 1.93 bits per heavy atom. The van der Waals surface area contributed by atoms with Gasteiger partial charge in [0.25, 0.3) is 0 Å². The maximum Gasteiger partial charge on any atom is 0.306 e. The smallest absolute Gasteiger partial charge is 0.306 e. The molecule has 2 saturated carbocycles. The van der Waals surface area contributed by atoms with E-state index in [2.05, 4.69) is 4.98 Å². The van der Waals surface area contributed by atoms with E-state index in [1.54, 1.807) is 12.1 Å². The zero-order valence-electron chi connectivity index (χ0n) is 15.5. The largest absolute Gasteiger partial charge is 0.487 e. The molecule has 0 bridgehead atoms. The van der Waals surface area contributed by atoms with E-state index in [4.69, 9.17) is 14.6 Å². The van der Waals surface area contributed by atoms with Crippen molar-refractivity contribution in [1.82, 2.24) is 4.98 Å². The van der Waals surface area contributed by atoms with Crippen molar-refractivity contribution in [3.8, 4) is 22.9 Å². The predicted molar refractivity (Wildman–Crippen MR) is 97.3 cm³/mol. The second-order valence-corrected chi connectivity index (χ2v) is 7.56. The van der Waals surface area contributed by atoms with E-state index in [-0.39, 0.29) is 18.6 Å². The van der Waals surface area contributed by atoms with Gasteiger partial charge >= 0.3 is 5.97 Å². The Kier molecular flexibility index (Phi) is 4.91. The van der Waals surface area contributed by atoms with Crippen molar-refractivity contribution in [2.24, 2.45) is 11.8 Å². The zero-order chi connectivity index (χ0) is 19.8. The predicted octanol–water partition coefficient (Wildman–Crippen LogP) is 4.37. The van der Waals surface area contributed by atoms with Crippen molar-refractivity contribution in [3.05, 3.63) is 41.5 Å². The Morgan fingerprint density at radius 3 is 2.50 bits per heavy atom. The Labute approximate surface area is 161 Å². The van der Waals surface area contributed by atoms with E-state index in [0.717, 1.165) is 24.8 Å². The number of benzene rings is 1. The van der Waals surface area contributed by atoms with Gasteiger partial charge in [-0.15, -0.1) is 0 Å². The van der Waals surface area contributed by atoms with Gasteiger partial charge in [0, 0.05) is 17.5 Å². The van der Waals surface area contributed by atoms with Crippen LogP contribution in [0.3, 0.4) is 0 Å². The first-order valence-electron chi connectivity index (χ1n) is 9.41. The molecule has 28 heavy (non-hydrogen) atoms. The van der Waals surface area contributed by atoms with Crippen LogP contribution in [0.25, 0.3) is 11.3 Å². The van der Waals surface area contributed by atoms with Gasteiger partial charge in [0.1, 0.15) is 6.10 Å². The van der Waals surface area contributed by atoms with Crippen molar-refractivity contribution in [3.63, 3.8) is 0 Å². The number of hydrogen-bond acceptors (Lipinski definition) is 4. The first-order valence-corrected chi connectivity index (χ1v) is 9.41. The molecule has 1 aromatic heterocycles. The van der Waals surface area contributed by atoms with E-state index >= 15 is 0 Å². The number of halogens is 2. The summed E-state index contributed by atoms with van der Waals surface area (Å²) in [5.41, 5.74) is 1.60. The fourth-order valence-corrected chi connectivity index (χ4v) is 3.27. The van der Waals surface area contributed by atoms with Crippen molar-refractivity contribution >= 4 is 5.97 Å². The average molecular weight is 389 g/mol. The molecule has 1 heterocycles. The lowest BCUT2D eigenvalue weighted by molar-refractivity contribution is -0.138. The van der Waals surface area contributed by atoms with Crippen LogP contribution in [-0.4, -0.2) is 28.8 Å². The van der Waals surface area contributed by atoms with Crippen LogP contribution >= 0.6 is 0 Å². The number of rotatable bonds is 7. The molecule has 1 aromatic carbocycles. The number of aliphatic carboxylic acids is 1. The summed E-state index contributed by atoms with van der Waals surface area (Å²) >= 11 is 0. The van der Waals surface area contributed by atoms with Gasteiger partial charge in [-0.1, -0.05) is 0 Å². The van der Waals surface area contributed by atoms with Gasteiger partial charge < -0.3 is 14.6 Å². The molecule has 1 N–H and O–H groups in total. The van der Waals surface area contributed by atoms with Crippen LogP contribution in [-0.2, 0) is 4.79 Å². The molecule has 2 atom stereocenters. The van der Waals surface area contributed by atoms with Crippen LogP contribution in [0.2, 0.25) is 0 Å². The molecule has 2 unspecified atom stereocenters. The minimum Gasteiger partial charge on any atom is -0.487 e. The number of carboxylic acids is 1. The van der Waals surface area contributed by atoms with Gasteiger partial charge in [-0.05, 0) is 56.4 Å². The van der Waals surface area contributed by atoms with Crippen LogP contribution in [0.4, 0.5) is 8.78 Å². The van der Waals surface area contributed by atoms with Crippen LogP contribution in [0.1, 0.15) is 31.2 Å². The highest BCUT2D eigenvalue weighted by molar-refractivity contribution is 5.73. The van der Waals surface area contributed by atoms with Gasteiger partial charge in [-0.25, -0.2) is 13.8 Å². The third-order valence-corrected chi connectivity index (χ3v) is 5.26. The molecular weight excluding hydrogens is 368 g/mol. The lowest BCUT2D eigenvalue weighted by atomic mass is 9.96. The summed E-state index contributed by atoms with van der Waals surface area (Å²) in [6.07, 6.45) is 3.74. The van der Waals surface area contributed by atoms with Gasteiger partial charge in [-0.3, -0.25) is 4.79 Å². The SMILES string of the molecule is Cc1cc(OC2CCC2)nc(-c2cc(F)c(OCC3CC3C(=O)O)c(F)c2)c1. The van der Waals surface area contributed by atoms with Crippen LogP contribution in [0, 0.1) is 30.4 Å². The molecule has 0 radical (unpaired) electrons. The lowest BCUT2D eigenvalue weighted by Gasteiger charge is -2.26. The quantitative estimate of drug-likeness (QED) is 0.762. The van der Waals surface area contributed by atoms with Crippen LogP contribution in [0.15, 0.2) is 24.3 Å². The second kappa shape index (κ2) is 7.37. The number of pyridine rings is 1. The third-order valence-electron chi connectivity index (χ3n) is 5.26. The van der Waals surface area contributed by atoms with E-state index in [9.17, 15) is 13.6 Å². The van der Waals surface area contributed by atoms with Gasteiger partial charge in [-0.2, -0.15) is 0 Å². The van der Waals surface area contributed by atoms with Crippen molar-refractivity contribution < 1.29 is 28.2 Å². The Balaban J connectivity index is 1.51. The van der Waals surface area contributed by atoms with Gasteiger partial charge in [0.2, 0.25) is 5.88 Å². The minimum absolute atomic E-state index is 0.0216. The molecule has 2 aliphatic rings. The number of carboxylic acid groups (broad SMARTS) is 1. The summed E-state index contributed by atoms with van der Waals surface area (Å²) in [6.45, 7) is 1.85. The maximum absolute atomic E-state index is 14.5.